The quantitative estimate of drug-likeness (QED) is 0.728. The number of rotatable bonds is 3. The lowest BCUT2D eigenvalue weighted by molar-refractivity contribution is 0.640. The van der Waals surface area contributed by atoms with E-state index in [0.717, 1.165) is 37.8 Å². The van der Waals surface area contributed by atoms with Crippen LogP contribution >= 0.6 is 0 Å². The van der Waals surface area contributed by atoms with Crippen molar-refractivity contribution in [3.63, 3.8) is 0 Å². The topological polar surface area (TPSA) is 95.8 Å². The normalized spacial score (nSPS) is 14.8. The molecule has 3 aromatic rings. The van der Waals surface area contributed by atoms with Gasteiger partial charge in [0, 0.05) is 38.6 Å². The Labute approximate surface area is 137 Å². The summed E-state index contributed by atoms with van der Waals surface area (Å²) in [6.45, 7) is 3.44. The Balaban J connectivity index is 1.44. The van der Waals surface area contributed by atoms with Gasteiger partial charge in [-0.1, -0.05) is 0 Å². The molecule has 0 aliphatic carbocycles. The third-order valence-electron chi connectivity index (χ3n) is 4.04. The summed E-state index contributed by atoms with van der Waals surface area (Å²) in [6, 6.07) is 3.79. The third kappa shape index (κ3) is 2.71. The van der Waals surface area contributed by atoms with E-state index in [2.05, 4.69) is 34.9 Å². The molecule has 4 heterocycles. The highest BCUT2D eigenvalue weighted by atomic mass is 16.1. The summed E-state index contributed by atoms with van der Waals surface area (Å²) >= 11 is 0. The molecule has 1 aliphatic rings. The van der Waals surface area contributed by atoms with Crippen molar-refractivity contribution in [2.24, 2.45) is 0 Å². The average Bonchev–Trinajstić information content (AvgIpc) is 3.09. The fourth-order valence-corrected chi connectivity index (χ4v) is 2.76. The molecule has 0 bridgehead atoms. The van der Waals surface area contributed by atoms with E-state index in [1.165, 1.54) is 10.9 Å². The molecule has 122 valence electrons. The van der Waals surface area contributed by atoms with Gasteiger partial charge in [-0.05, 0) is 12.1 Å². The van der Waals surface area contributed by atoms with E-state index in [9.17, 15) is 4.79 Å². The summed E-state index contributed by atoms with van der Waals surface area (Å²) in [4.78, 5) is 28.9. The van der Waals surface area contributed by atoms with Crippen LogP contribution in [-0.4, -0.2) is 55.9 Å². The van der Waals surface area contributed by atoms with Crippen molar-refractivity contribution in [1.29, 1.82) is 0 Å². The molecule has 0 atom stereocenters. The van der Waals surface area contributed by atoms with Gasteiger partial charge in [0.1, 0.15) is 18.0 Å². The van der Waals surface area contributed by atoms with Crippen LogP contribution in [0.1, 0.15) is 0 Å². The fourth-order valence-electron chi connectivity index (χ4n) is 2.76. The van der Waals surface area contributed by atoms with Crippen molar-refractivity contribution < 1.29 is 0 Å². The fraction of sp³-hybridized carbons (Fsp3) is 0.267. The van der Waals surface area contributed by atoms with Crippen LogP contribution in [0.2, 0.25) is 0 Å². The molecule has 9 heteroatoms. The van der Waals surface area contributed by atoms with Gasteiger partial charge in [0.15, 0.2) is 0 Å². The van der Waals surface area contributed by atoms with Crippen LogP contribution < -0.4 is 15.5 Å². The maximum absolute atomic E-state index is 11.6. The van der Waals surface area contributed by atoms with Gasteiger partial charge >= 0.3 is 5.69 Å². The molecule has 0 unspecified atom stereocenters. The average molecular weight is 324 g/mol. The molecule has 9 nitrogen and oxygen atoms in total. The first-order chi connectivity index (χ1) is 11.8. The molecule has 0 spiro atoms. The van der Waals surface area contributed by atoms with Crippen molar-refractivity contribution >= 4 is 11.6 Å². The van der Waals surface area contributed by atoms with E-state index < -0.39 is 0 Å². The largest absolute Gasteiger partial charge is 0.353 e. The zero-order chi connectivity index (χ0) is 16.4. The summed E-state index contributed by atoms with van der Waals surface area (Å²) in [6.07, 6.45) is 8.29. The monoisotopic (exact) mass is 324 g/mol. The molecule has 0 saturated carbocycles. The van der Waals surface area contributed by atoms with E-state index in [0.29, 0.717) is 5.69 Å². The highest BCUT2D eigenvalue weighted by molar-refractivity contribution is 5.46. The van der Waals surface area contributed by atoms with Crippen molar-refractivity contribution in [3.8, 4) is 5.69 Å². The molecule has 0 radical (unpaired) electrons. The van der Waals surface area contributed by atoms with Gasteiger partial charge in [-0.3, -0.25) is 4.98 Å². The maximum Gasteiger partial charge on any atom is 0.347 e. The van der Waals surface area contributed by atoms with Crippen LogP contribution in [0.4, 0.5) is 11.6 Å². The molecule has 0 amide bonds. The second-order valence-corrected chi connectivity index (χ2v) is 5.44. The molecule has 1 aliphatic heterocycles. The molecule has 4 rings (SSSR count). The van der Waals surface area contributed by atoms with Gasteiger partial charge in [0.2, 0.25) is 0 Å². The van der Waals surface area contributed by atoms with Crippen LogP contribution in [0.25, 0.3) is 5.69 Å². The number of anilines is 2. The van der Waals surface area contributed by atoms with Gasteiger partial charge in [0.25, 0.3) is 0 Å². The lowest BCUT2D eigenvalue weighted by Crippen LogP contribution is -2.47. The van der Waals surface area contributed by atoms with E-state index >= 15 is 0 Å². The summed E-state index contributed by atoms with van der Waals surface area (Å²) < 4.78 is 1.42. The number of nitrogens with zero attached hydrogens (tertiary/aromatic N) is 7. The van der Waals surface area contributed by atoms with Gasteiger partial charge < -0.3 is 9.80 Å². The first kappa shape index (κ1) is 14.4. The number of piperazine rings is 1. The molecular weight excluding hydrogens is 308 g/mol. The van der Waals surface area contributed by atoms with Crippen molar-refractivity contribution in [2.45, 2.75) is 0 Å². The van der Waals surface area contributed by atoms with E-state index in [1.807, 2.05) is 12.1 Å². The number of aromatic nitrogens is 6. The first-order valence-corrected chi connectivity index (χ1v) is 7.65. The van der Waals surface area contributed by atoms with Crippen molar-refractivity contribution in [2.75, 3.05) is 36.0 Å². The Kier molecular flexibility index (Phi) is 3.66. The summed E-state index contributed by atoms with van der Waals surface area (Å²) in [7, 11) is 0. The third-order valence-corrected chi connectivity index (χ3v) is 4.04. The second kappa shape index (κ2) is 6.11. The smallest absolute Gasteiger partial charge is 0.347 e. The summed E-state index contributed by atoms with van der Waals surface area (Å²) in [5.74, 6) is 1.80. The predicted octanol–water partition coefficient (Wildman–Crippen LogP) is 0.0722. The molecule has 3 aromatic heterocycles. The van der Waals surface area contributed by atoms with Crippen molar-refractivity contribution in [3.05, 3.63) is 53.7 Å². The SMILES string of the molecule is O=c1[nH]ncn1-c1ccc(N2CCN(c3cnccn3)CC2)nc1. The summed E-state index contributed by atoms with van der Waals surface area (Å²) in [5, 5.41) is 6.09. The maximum atomic E-state index is 11.6. The minimum Gasteiger partial charge on any atom is -0.353 e. The molecule has 1 N–H and O–H groups in total. The van der Waals surface area contributed by atoms with E-state index in [1.54, 1.807) is 24.8 Å². The number of hydrogen-bond donors (Lipinski definition) is 1. The van der Waals surface area contributed by atoms with Gasteiger partial charge in [0.05, 0.1) is 18.1 Å². The Hall–Kier alpha value is -3.23. The molecule has 0 aromatic carbocycles. The molecular formula is C15H16N8O. The van der Waals surface area contributed by atoms with Crippen LogP contribution in [0.3, 0.4) is 0 Å². The van der Waals surface area contributed by atoms with Crippen LogP contribution in [0, 0.1) is 0 Å². The minimum atomic E-state index is -0.276. The second-order valence-electron chi connectivity index (χ2n) is 5.44. The molecule has 1 fully saturated rings. The standard InChI is InChI=1S/C15H16N8O/c24-15-20-19-11-23(15)12-1-2-13(18-9-12)21-5-7-22(8-6-21)14-10-16-3-4-17-14/h1-4,9-11H,5-8H2,(H,20,24). The predicted molar refractivity (Wildman–Crippen MR) is 88.4 cm³/mol. The van der Waals surface area contributed by atoms with Crippen LogP contribution in [0.15, 0.2) is 48.0 Å². The Morgan fingerprint density at radius 1 is 0.917 bits per heavy atom. The lowest BCUT2D eigenvalue weighted by atomic mass is 10.3. The number of H-pyrrole nitrogens is 1. The number of nitrogens with one attached hydrogen (secondary N) is 1. The van der Waals surface area contributed by atoms with Crippen LogP contribution in [-0.2, 0) is 0 Å². The Morgan fingerprint density at radius 3 is 2.29 bits per heavy atom. The molecule has 1 saturated heterocycles. The van der Waals surface area contributed by atoms with E-state index in [-0.39, 0.29) is 5.69 Å². The molecule has 24 heavy (non-hydrogen) atoms. The zero-order valence-electron chi connectivity index (χ0n) is 12.9. The number of hydrogen-bond acceptors (Lipinski definition) is 7. The highest BCUT2D eigenvalue weighted by Crippen LogP contribution is 2.17. The minimum absolute atomic E-state index is 0.276. The number of aromatic amines is 1. The van der Waals surface area contributed by atoms with Gasteiger partial charge in [-0.25, -0.2) is 24.4 Å². The van der Waals surface area contributed by atoms with E-state index in [4.69, 9.17) is 0 Å². The lowest BCUT2D eigenvalue weighted by Gasteiger charge is -2.35. The van der Waals surface area contributed by atoms with Crippen molar-refractivity contribution in [1.82, 2.24) is 29.7 Å². The zero-order valence-corrected chi connectivity index (χ0v) is 12.9. The van der Waals surface area contributed by atoms with Gasteiger partial charge in [-0.2, -0.15) is 5.10 Å². The Bertz CT molecular complexity index is 849. The first-order valence-electron chi connectivity index (χ1n) is 7.65. The summed E-state index contributed by atoms with van der Waals surface area (Å²) in [5.41, 5.74) is 0.415. The number of pyridine rings is 1. The van der Waals surface area contributed by atoms with Crippen LogP contribution in [0.5, 0.6) is 0 Å². The highest BCUT2D eigenvalue weighted by Gasteiger charge is 2.19. The Morgan fingerprint density at radius 2 is 1.71 bits per heavy atom. The van der Waals surface area contributed by atoms with Gasteiger partial charge in [-0.15, -0.1) is 0 Å².